The monoisotopic (exact) mass is 568 g/mol. The van der Waals surface area contributed by atoms with Crippen molar-refractivity contribution in [1.82, 2.24) is 15.0 Å². The Labute approximate surface area is 236 Å². The Balaban J connectivity index is 1.39. The van der Waals surface area contributed by atoms with E-state index in [0.29, 0.717) is 36.6 Å². The standard InChI is InChI=1S/C29H40N6O4S/c1-18(2)22-6-7-25(35-15-21(19(35)3)17-40(5,37)38)24-13-31-28(12-23(22)24)32-27-8-10-30-29(33-27)34-11-9-26(39-4)20(14-34)16-36/h6-8,10,12-13,18-21,26,36H,9,11,14-17H2,1-5H3,(H,30,31,32,33)/t19-,20-,21-,26+/m1/s1. The van der Waals surface area contributed by atoms with Gasteiger partial charge in [0.05, 0.1) is 18.5 Å². The van der Waals surface area contributed by atoms with Crippen LogP contribution in [0.4, 0.5) is 23.3 Å². The van der Waals surface area contributed by atoms with Gasteiger partial charge in [-0.25, -0.2) is 18.4 Å². The van der Waals surface area contributed by atoms with Crippen LogP contribution in [0.25, 0.3) is 10.8 Å². The van der Waals surface area contributed by atoms with Gasteiger partial charge in [0.1, 0.15) is 21.5 Å². The van der Waals surface area contributed by atoms with Gasteiger partial charge in [-0.1, -0.05) is 19.9 Å². The van der Waals surface area contributed by atoms with Crippen LogP contribution in [-0.2, 0) is 14.6 Å². The Morgan fingerprint density at radius 3 is 2.60 bits per heavy atom. The minimum Gasteiger partial charge on any atom is -0.396 e. The van der Waals surface area contributed by atoms with Gasteiger partial charge in [-0.2, -0.15) is 4.98 Å². The minimum atomic E-state index is -3.01. The highest BCUT2D eigenvalue weighted by atomic mass is 32.2. The number of ether oxygens (including phenoxy) is 1. The average Bonchev–Trinajstić information content (AvgIpc) is 2.93. The first-order chi connectivity index (χ1) is 19.1. The SMILES string of the molecule is CO[C@H]1CCN(c2nccc(Nc3cc4c(C(C)C)ccc(N5C[C@H](CS(C)(=O)=O)[C@H]5C)c4cn3)n2)C[C@@H]1CO. The predicted octanol–water partition coefficient (Wildman–Crippen LogP) is 3.59. The lowest BCUT2D eigenvalue weighted by molar-refractivity contribution is 0.0137. The summed E-state index contributed by atoms with van der Waals surface area (Å²) in [6.45, 7) is 8.62. The highest BCUT2D eigenvalue weighted by molar-refractivity contribution is 7.90. The molecular weight excluding hydrogens is 528 g/mol. The summed E-state index contributed by atoms with van der Waals surface area (Å²) in [6, 6.07) is 8.35. The fourth-order valence-corrected chi connectivity index (χ4v) is 7.20. The molecule has 0 amide bonds. The number of sulfone groups is 1. The molecule has 0 unspecified atom stereocenters. The van der Waals surface area contributed by atoms with Gasteiger partial charge in [0, 0.05) is 74.3 Å². The summed E-state index contributed by atoms with van der Waals surface area (Å²) in [5, 5.41) is 15.3. The molecule has 216 valence electrons. The number of hydrogen-bond donors (Lipinski definition) is 2. The van der Waals surface area contributed by atoms with E-state index in [1.165, 1.54) is 11.8 Å². The molecular formula is C29H40N6O4S. The molecule has 4 atom stereocenters. The maximum atomic E-state index is 11.8. The number of benzene rings is 1. The van der Waals surface area contributed by atoms with E-state index in [4.69, 9.17) is 14.7 Å². The molecule has 3 aromatic rings. The van der Waals surface area contributed by atoms with Crippen LogP contribution in [-0.4, -0.2) is 86.0 Å². The summed E-state index contributed by atoms with van der Waals surface area (Å²) < 4.78 is 29.2. The lowest BCUT2D eigenvalue weighted by atomic mass is 9.88. The van der Waals surface area contributed by atoms with Crippen LogP contribution in [0, 0.1) is 11.8 Å². The van der Waals surface area contributed by atoms with Crippen molar-refractivity contribution < 1.29 is 18.3 Å². The molecule has 1 aromatic carbocycles. The molecule has 2 aromatic heterocycles. The summed E-state index contributed by atoms with van der Waals surface area (Å²) in [5.41, 5.74) is 2.31. The minimum absolute atomic E-state index is 0.0144. The number of anilines is 4. The Hall–Kier alpha value is -3.02. The zero-order valence-corrected chi connectivity index (χ0v) is 24.7. The third kappa shape index (κ3) is 5.87. The van der Waals surface area contributed by atoms with E-state index in [-0.39, 0.29) is 36.3 Å². The van der Waals surface area contributed by atoms with Gasteiger partial charge in [0.15, 0.2) is 0 Å². The van der Waals surface area contributed by atoms with Crippen LogP contribution in [0.3, 0.4) is 0 Å². The second-order valence-electron chi connectivity index (χ2n) is 11.5. The van der Waals surface area contributed by atoms with Crippen molar-refractivity contribution in [3.8, 4) is 0 Å². The molecule has 5 rings (SSSR count). The number of aromatic nitrogens is 3. The van der Waals surface area contributed by atoms with Gasteiger partial charge in [0.25, 0.3) is 0 Å². The lowest BCUT2D eigenvalue weighted by Crippen LogP contribution is -2.57. The summed E-state index contributed by atoms with van der Waals surface area (Å²) in [6.07, 6.45) is 5.79. The highest BCUT2D eigenvalue weighted by Crippen LogP contribution is 2.39. The fourth-order valence-electron chi connectivity index (χ4n) is 6.03. The number of methoxy groups -OCH3 is 1. The van der Waals surface area contributed by atoms with Crippen LogP contribution in [0.2, 0.25) is 0 Å². The molecule has 2 aliphatic heterocycles. The van der Waals surface area contributed by atoms with Crippen molar-refractivity contribution in [3.63, 3.8) is 0 Å². The number of fused-ring (bicyclic) bond motifs is 1. The Bertz CT molecular complexity index is 1470. The number of rotatable bonds is 9. The van der Waals surface area contributed by atoms with Crippen molar-refractivity contribution in [3.05, 3.63) is 42.2 Å². The predicted molar refractivity (Wildman–Crippen MR) is 159 cm³/mol. The van der Waals surface area contributed by atoms with Crippen LogP contribution in [0.1, 0.15) is 38.7 Å². The number of aliphatic hydroxyl groups is 1. The zero-order valence-electron chi connectivity index (χ0n) is 23.9. The van der Waals surface area contributed by atoms with Gasteiger partial charge < -0.3 is 25.0 Å². The van der Waals surface area contributed by atoms with Crippen LogP contribution in [0.15, 0.2) is 36.7 Å². The van der Waals surface area contributed by atoms with Crippen LogP contribution < -0.4 is 15.1 Å². The summed E-state index contributed by atoms with van der Waals surface area (Å²) in [7, 11) is -1.33. The summed E-state index contributed by atoms with van der Waals surface area (Å²) in [4.78, 5) is 18.3. The first kappa shape index (κ1) is 28.5. The van der Waals surface area contributed by atoms with E-state index in [9.17, 15) is 13.5 Å². The van der Waals surface area contributed by atoms with Crippen molar-refractivity contribution >= 4 is 43.9 Å². The molecule has 0 spiro atoms. The number of aliphatic hydroxyl groups excluding tert-OH is 1. The zero-order chi connectivity index (χ0) is 28.6. The topological polar surface area (TPSA) is 121 Å². The number of piperidine rings is 1. The van der Waals surface area contributed by atoms with Gasteiger partial charge >= 0.3 is 0 Å². The maximum absolute atomic E-state index is 11.8. The van der Waals surface area contributed by atoms with Crippen molar-refractivity contribution in [2.24, 2.45) is 11.8 Å². The number of nitrogens with zero attached hydrogens (tertiary/aromatic N) is 5. The van der Waals surface area contributed by atoms with Gasteiger partial charge in [-0.05, 0) is 48.4 Å². The maximum Gasteiger partial charge on any atom is 0.227 e. The first-order valence-corrected chi connectivity index (χ1v) is 16.0. The Kier molecular flexibility index (Phi) is 8.17. The van der Waals surface area contributed by atoms with Crippen molar-refractivity contribution in [2.75, 3.05) is 60.5 Å². The quantitative estimate of drug-likeness (QED) is 0.396. The third-order valence-corrected chi connectivity index (χ3v) is 9.38. The number of hydrogen-bond acceptors (Lipinski definition) is 10. The summed E-state index contributed by atoms with van der Waals surface area (Å²) in [5.74, 6) is 2.62. The third-order valence-electron chi connectivity index (χ3n) is 8.35. The van der Waals surface area contributed by atoms with E-state index < -0.39 is 9.84 Å². The Morgan fingerprint density at radius 2 is 1.93 bits per heavy atom. The molecule has 0 radical (unpaired) electrons. The first-order valence-electron chi connectivity index (χ1n) is 13.9. The van der Waals surface area contributed by atoms with E-state index in [2.05, 4.69) is 59.1 Å². The molecule has 10 nitrogen and oxygen atoms in total. The largest absolute Gasteiger partial charge is 0.396 e. The molecule has 2 saturated heterocycles. The van der Waals surface area contributed by atoms with E-state index in [1.807, 2.05) is 12.3 Å². The smallest absolute Gasteiger partial charge is 0.227 e. The molecule has 0 bridgehead atoms. The Morgan fingerprint density at radius 1 is 1.12 bits per heavy atom. The average molecular weight is 569 g/mol. The number of nitrogens with one attached hydrogen (secondary N) is 1. The normalized spacial score (nSPS) is 23.5. The second-order valence-corrected chi connectivity index (χ2v) is 13.7. The highest BCUT2D eigenvalue weighted by Gasteiger charge is 2.38. The van der Waals surface area contributed by atoms with E-state index in [0.717, 1.165) is 29.4 Å². The van der Waals surface area contributed by atoms with Gasteiger partial charge in [-0.3, -0.25) is 0 Å². The molecule has 0 saturated carbocycles. The molecule has 2 aliphatic rings. The lowest BCUT2D eigenvalue weighted by Gasteiger charge is -2.48. The second kappa shape index (κ2) is 11.5. The van der Waals surface area contributed by atoms with E-state index in [1.54, 1.807) is 13.3 Å². The molecule has 4 heterocycles. The van der Waals surface area contributed by atoms with E-state index >= 15 is 0 Å². The molecule has 40 heavy (non-hydrogen) atoms. The van der Waals surface area contributed by atoms with Crippen molar-refractivity contribution in [2.45, 2.75) is 45.3 Å². The molecule has 2 N–H and O–H groups in total. The van der Waals surface area contributed by atoms with Gasteiger partial charge in [0.2, 0.25) is 5.95 Å². The van der Waals surface area contributed by atoms with Crippen molar-refractivity contribution in [1.29, 1.82) is 0 Å². The molecule has 2 fully saturated rings. The summed E-state index contributed by atoms with van der Waals surface area (Å²) >= 11 is 0. The van der Waals surface area contributed by atoms with Gasteiger partial charge in [-0.15, -0.1) is 0 Å². The molecule has 11 heteroatoms. The molecule has 0 aliphatic carbocycles. The number of pyridine rings is 1. The fraction of sp³-hybridized carbons (Fsp3) is 0.552. The van der Waals surface area contributed by atoms with Crippen LogP contribution in [0.5, 0.6) is 0 Å². The van der Waals surface area contributed by atoms with Crippen LogP contribution >= 0.6 is 0 Å².